The van der Waals surface area contributed by atoms with Gasteiger partial charge in [-0.15, -0.1) is 11.3 Å². The van der Waals surface area contributed by atoms with E-state index in [4.69, 9.17) is 4.74 Å². The molecule has 2 aliphatic heterocycles. The molecule has 0 aromatic carbocycles. The van der Waals surface area contributed by atoms with E-state index in [0.717, 1.165) is 37.5 Å². The van der Waals surface area contributed by atoms with E-state index in [1.807, 2.05) is 12.1 Å². The SMILES string of the molecule is O=Cc1ccc(N2CC3(COC3)C2)s1. The average Bonchev–Trinajstić information content (AvgIpc) is 2.47. The number of thiophene rings is 1. The van der Waals surface area contributed by atoms with Gasteiger partial charge in [-0.2, -0.15) is 0 Å². The van der Waals surface area contributed by atoms with Crippen molar-refractivity contribution in [2.45, 2.75) is 0 Å². The first-order valence-electron chi connectivity index (χ1n) is 4.69. The van der Waals surface area contributed by atoms with Gasteiger partial charge in [0, 0.05) is 13.1 Å². The predicted molar refractivity (Wildman–Crippen MR) is 55.2 cm³/mol. The highest BCUT2D eigenvalue weighted by atomic mass is 32.1. The molecule has 2 saturated heterocycles. The first-order valence-corrected chi connectivity index (χ1v) is 5.51. The van der Waals surface area contributed by atoms with Crippen molar-refractivity contribution in [3.63, 3.8) is 0 Å². The van der Waals surface area contributed by atoms with E-state index in [0.29, 0.717) is 5.41 Å². The summed E-state index contributed by atoms with van der Waals surface area (Å²) in [4.78, 5) is 13.6. The van der Waals surface area contributed by atoms with Crippen molar-refractivity contribution in [3.8, 4) is 0 Å². The number of hydrogen-bond donors (Lipinski definition) is 0. The summed E-state index contributed by atoms with van der Waals surface area (Å²) in [5.74, 6) is 0. The summed E-state index contributed by atoms with van der Waals surface area (Å²) in [5, 5.41) is 1.21. The Morgan fingerprint density at radius 2 is 2.21 bits per heavy atom. The van der Waals surface area contributed by atoms with Gasteiger partial charge in [0.1, 0.15) is 0 Å². The zero-order valence-corrected chi connectivity index (χ0v) is 8.55. The highest BCUT2D eigenvalue weighted by Crippen LogP contribution is 2.41. The van der Waals surface area contributed by atoms with E-state index in [9.17, 15) is 4.79 Å². The van der Waals surface area contributed by atoms with Gasteiger partial charge in [-0.05, 0) is 12.1 Å². The first-order chi connectivity index (χ1) is 6.81. The van der Waals surface area contributed by atoms with Crippen molar-refractivity contribution >= 4 is 22.6 Å². The molecular formula is C10H11NO2S. The van der Waals surface area contributed by atoms with E-state index >= 15 is 0 Å². The molecule has 0 bridgehead atoms. The number of carbonyl (C=O) groups excluding carboxylic acids is 1. The fourth-order valence-corrected chi connectivity index (χ4v) is 2.89. The van der Waals surface area contributed by atoms with Crippen LogP contribution in [0, 0.1) is 5.41 Å². The van der Waals surface area contributed by atoms with E-state index < -0.39 is 0 Å². The molecule has 0 N–H and O–H groups in total. The number of nitrogens with zero attached hydrogens (tertiary/aromatic N) is 1. The molecule has 0 unspecified atom stereocenters. The topological polar surface area (TPSA) is 29.5 Å². The Balaban J connectivity index is 1.70. The Bertz CT molecular complexity index is 362. The molecular weight excluding hydrogens is 198 g/mol. The number of rotatable bonds is 2. The normalized spacial score (nSPS) is 23.0. The van der Waals surface area contributed by atoms with Crippen LogP contribution in [-0.2, 0) is 4.74 Å². The molecule has 3 rings (SSSR count). The highest BCUT2D eigenvalue weighted by molar-refractivity contribution is 7.17. The van der Waals surface area contributed by atoms with E-state index in [2.05, 4.69) is 4.90 Å². The van der Waals surface area contributed by atoms with Gasteiger partial charge in [0.25, 0.3) is 0 Å². The van der Waals surface area contributed by atoms with Crippen LogP contribution in [0.1, 0.15) is 9.67 Å². The summed E-state index contributed by atoms with van der Waals surface area (Å²) >= 11 is 1.57. The Kier molecular flexibility index (Phi) is 1.69. The second kappa shape index (κ2) is 2.81. The zero-order valence-electron chi connectivity index (χ0n) is 7.73. The lowest BCUT2D eigenvalue weighted by Gasteiger charge is -2.55. The Labute approximate surface area is 86.3 Å². The molecule has 4 heteroatoms. The largest absolute Gasteiger partial charge is 0.380 e. The molecule has 0 radical (unpaired) electrons. The van der Waals surface area contributed by atoms with Crippen LogP contribution in [0.15, 0.2) is 12.1 Å². The number of carbonyl (C=O) groups is 1. The number of hydrogen-bond acceptors (Lipinski definition) is 4. The fourth-order valence-electron chi connectivity index (χ4n) is 2.07. The van der Waals surface area contributed by atoms with Gasteiger partial charge in [-0.3, -0.25) is 4.79 Å². The van der Waals surface area contributed by atoms with Crippen molar-refractivity contribution in [1.82, 2.24) is 0 Å². The molecule has 74 valence electrons. The van der Waals surface area contributed by atoms with Gasteiger partial charge in [0.05, 0.1) is 28.5 Å². The molecule has 1 aromatic rings. The van der Waals surface area contributed by atoms with Crippen molar-refractivity contribution in [1.29, 1.82) is 0 Å². The molecule has 14 heavy (non-hydrogen) atoms. The summed E-state index contributed by atoms with van der Waals surface area (Å²) in [5.41, 5.74) is 0.450. The molecule has 0 amide bonds. The minimum Gasteiger partial charge on any atom is -0.380 e. The lowest BCUT2D eigenvalue weighted by atomic mass is 9.78. The molecule has 1 spiro atoms. The van der Waals surface area contributed by atoms with Crippen molar-refractivity contribution in [3.05, 3.63) is 17.0 Å². The summed E-state index contributed by atoms with van der Waals surface area (Å²) in [6.45, 7) is 4.00. The number of aldehydes is 1. The highest BCUT2D eigenvalue weighted by Gasteiger charge is 2.49. The van der Waals surface area contributed by atoms with E-state index in [1.54, 1.807) is 11.3 Å². The first kappa shape index (κ1) is 8.44. The standard InChI is InChI=1S/C10H11NO2S/c12-3-8-1-2-9(14-8)11-4-10(5-11)6-13-7-10/h1-3H,4-7H2. The van der Waals surface area contributed by atoms with Crippen LogP contribution < -0.4 is 4.90 Å². The van der Waals surface area contributed by atoms with Gasteiger partial charge in [-0.25, -0.2) is 0 Å². The molecule has 0 saturated carbocycles. The van der Waals surface area contributed by atoms with Crippen LogP contribution in [-0.4, -0.2) is 32.6 Å². The van der Waals surface area contributed by atoms with Crippen LogP contribution in [0.25, 0.3) is 0 Å². The third kappa shape index (κ3) is 1.11. The smallest absolute Gasteiger partial charge is 0.160 e. The summed E-state index contributed by atoms with van der Waals surface area (Å²) in [6.07, 6.45) is 0.913. The number of anilines is 1. The Morgan fingerprint density at radius 3 is 2.71 bits per heavy atom. The lowest BCUT2D eigenvalue weighted by molar-refractivity contribution is -0.126. The molecule has 3 nitrogen and oxygen atoms in total. The van der Waals surface area contributed by atoms with Crippen LogP contribution in [0.3, 0.4) is 0 Å². The fraction of sp³-hybridized carbons (Fsp3) is 0.500. The minimum atomic E-state index is 0.450. The van der Waals surface area contributed by atoms with Crippen molar-refractivity contribution < 1.29 is 9.53 Å². The van der Waals surface area contributed by atoms with Crippen LogP contribution in [0.2, 0.25) is 0 Å². The van der Waals surface area contributed by atoms with Gasteiger partial charge in [-0.1, -0.05) is 0 Å². The minimum absolute atomic E-state index is 0.450. The van der Waals surface area contributed by atoms with Gasteiger partial charge >= 0.3 is 0 Å². The quantitative estimate of drug-likeness (QED) is 0.689. The number of ether oxygens (including phenoxy) is 1. The molecule has 0 aliphatic carbocycles. The average molecular weight is 209 g/mol. The third-order valence-electron chi connectivity index (χ3n) is 2.91. The third-order valence-corrected chi connectivity index (χ3v) is 3.98. The molecule has 0 atom stereocenters. The molecule has 3 heterocycles. The summed E-state index contributed by atoms with van der Waals surface area (Å²) < 4.78 is 5.21. The van der Waals surface area contributed by atoms with Gasteiger partial charge < -0.3 is 9.64 Å². The van der Waals surface area contributed by atoms with Gasteiger partial charge in [0.15, 0.2) is 6.29 Å². The van der Waals surface area contributed by atoms with Crippen LogP contribution in [0.4, 0.5) is 5.00 Å². The van der Waals surface area contributed by atoms with Gasteiger partial charge in [0.2, 0.25) is 0 Å². The van der Waals surface area contributed by atoms with Crippen LogP contribution in [0.5, 0.6) is 0 Å². The maximum absolute atomic E-state index is 10.5. The van der Waals surface area contributed by atoms with E-state index in [1.165, 1.54) is 5.00 Å². The second-order valence-electron chi connectivity index (χ2n) is 4.14. The Morgan fingerprint density at radius 1 is 1.43 bits per heavy atom. The summed E-state index contributed by atoms with van der Waals surface area (Å²) in [6, 6.07) is 3.91. The van der Waals surface area contributed by atoms with E-state index in [-0.39, 0.29) is 0 Å². The lowest BCUT2D eigenvalue weighted by Crippen LogP contribution is -2.66. The molecule has 1 aromatic heterocycles. The maximum Gasteiger partial charge on any atom is 0.160 e. The molecule has 2 fully saturated rings. The van der Waals surface area contributed by atoms with Crippen LogP contribution >= 0.6 is 11.3 Å². The second-order valence-corrected chi connectivity index (χ2v) is 5.24. The molecule has 2 aliphatic rings. The Hall–Kier alpha value is -0.870. The summed E-state index contributed by atoms with van der Waals surface area (Å²) in [7, 11) is 0. The monoisotopic (exact) mass is 209 g/mol. The predicted octanol–water partition coefficient (Wildman–Crippen LogP) is 1.40. The van der Waals surface area contributed by atoms with Crippen molar-refractivity contribution in [2.75, 3.05) is 31.2 Å². The van der Waals surface area contributed by atoms with Crippen molar-refractivity contribution in [2.24, 2.45) is 5.41 Å². The zero-order chi connectivity index (χ0) is 9.60. The maximum atomic E-state index is 10.5.